The standard InChI is InChI=1S/C16H18F4O/c1-10-2-4-11(5-3-10)8-15(21)12-6-7-14(17)13(9-12)16(18,19)20/h6-7,9-11H,2-5,8H2,1H3. The first kappa shape index (κ1) is 16.0. The first-order valence-electron chi connectivity index (χ1n) is 7.17. The minimum absolute atomic E-state index is 0.0534. The molecule has 1 nitrogen and oxygen atoms in total. The Morgan fingerprint density at radius 2 is 1.81 bits per heavy atom. The second-order valence-corrected chi connectivity index (χ2v) is 5.95. The van der Waals surface area contributed by atoms with Gasteiger partial charge in [0.2, 0.25) is 0 Å². The minimum atomic E-state index is -4.78. The van der Waals surface area contributed by atoms with Crippen LogP contribution in [0, 0.1) is 17.7 Å². The molecular formula is C16H18F4O. The summed E-state index contributed by atoms with van der Waals surface area (Å²) >= 11 is 0. The highest BCUT2D eigenvalue weighted by Crippen LogP contribution is 2.34. The van der Waals surface area contributed by atoms with E-state index in [0.29, 0.717) is 12.0 Å². The molecule has 0 bridgehead atoms. The van der Waals surface area contributed by atoms with Crippen LogP contribution in [0.15, 0.2) is 18.2 Å². The van der Waals surface area contributed by atoms with Crippen LogP contribution in [0.2, 0.25) is 0 Å². The molecule has 0 amide bonds. The molecule has 5 heteroatoms. The fourth-order valence-electron chi connectivity index (χ4n) is 2.83. The second-order valence-electron chi connectivity index (χ2n) is 5.95. The van der Waals surface area contributed by atoms with Crippen molar-refractivity contribution in [3.63, 3.8) is 0 Å². The molecular weight excluding hydrogens is 284 g/mol. The van der Waals surface area contributed by atoms with Crippen molar-refractivity contribution in [2.75, 3.05) is 0 Å². The average Bonchev–Trinajstić information content (AvgIpc) is 2.40. The average molecular weight is 302 g/mol. The summed E-state index contributed by atoms with van der Waals surface area (Å²) in [5.74, 6) is -0.794. The van der Waals surface area contributed by atoms with Gasteiger partial charge in [0.05, 0.1) is 5.56 Å². The Morgan fingerprint density at radius 3 is 2.38 bits per heavy atom. The summed E-state index contributed by atoms with van der Waals surface area (Å²) in [6.07, 6.45) is -0.568. The van der Waals surface area contributed by atoms with E-state index in [4.69, 9.17) is 0 Å². The number of halogens is 4. The lowest BCUT2D eigenvalue weighted by Crippen LogP contribution is -2.17. The lowest BCUT2D eigenvalue weighted by atomic mass is 9.80. The molecule has 1 aromatic carbocycles. The Hall–Kier alpha value is -1.39. The van der Waals surface area contributed by atoms with Crippen LogP contribution in [-0.2, 0) is 6.18 Å². The fourth-order valence-corrected chi connectivity index (χ4v) is 2.83. The summed E-state index contributed by atoms with van der Waals surface area (Å²) in [4.78, 5) is 12.1. The zero-order valence-electron chi connectivity index (χ0n) is 11.8. The molecule has 1 aliphatic carbocycles. The molecule has 21 heavy (non-hydrogen) atoms. The summed E-state index contributed by atoms with van der Waals surface area (Å²) in [5.41, 5.74) is -1.42. The van der Waals surface area contributed by atoms with Gasteiger partial charge in [0, 0.05) is 12.0 Å². The zero-order chi connectivity index (χ0) is 15.6. The molecule has 1 aliphatic rings. The number of carbonyl (C=O) groups is 1. The minimum Gasteiger partial charge on any atom is -0.294 e. The van der Waals surface area contributed by atoms with Gasteiger partial charge in [-0.15, -0.1) is 0 Å². The maximum Gasteiger partial charge on any atom is 0.419 e. The van der Waals surface area contributed by atoms with E-state index in [9.17, 15) is 22.4 Å². The normalized spacial score (nSPS) is 23.1. The van der Waals surface area contributed by atoms with Gasteiger partial charge in [-0.1, -0.05) is 19.8 Å². The van der Waals surface area contributed by atoms with Crippen LogP contribution < -0.4 is 0 Å². The summed E-state index contributed by atoms with van der Waals surface area (Å²) in [5, 5.41) is 0. The van der Waals surface area contributed by atoms with E-state index in [1.807, 2.05) is 0 Å². The predicted molar refractivity (Wildman–Crippen MR) is 71.5 cm³/mol. The summed E-state index contributed by atoms with van der Waals surface area (Å²) < 4.78 is 51.1. The largest absolute Gasteiger partial charge is 0.419 e. The molecule has 0 aliphatic heterocycles. The van der Waals surface area contributed by atoms with Gasteiger partial charge in [0.25, 0.3) is 0 Å². The van der Waals surface area contributed by atoms with Gasteiger partial charge in [0.15, 0.2) is 5.78 Å². The van der Waals surface area contributed by atoms with Crippen molar-refractivity contribution in [3.05, 3.63) is 35.1 Å². The Labute approximate surface area is 121 Å². The highest BCUT2D eigenvalue weighted by atomic mass is 19.4. The van der Waals surface area contributed by atoms with Gasteiger partial charge in [-0.05, 0) is 42.9 Å². The molecule has 0 radical (unpaired) electrons. The number of benzene rings is 1. The smallest absolute Gasteiger partial charge is 0.294 e. The van der Waals surface area contributed by atoms with Crippen molar-refractivity contribution < 1.29 is 22.4 Å². The van der Waals surface area contributed by atoms with Gasteiger partial charge >= 0.3 is 6.18 Å². The third-order valence-electron chi connectivity index (χ3n) is 4.20. The number of hydrogen-bond acceptors (Lipinski definition) is 1. The molecule has 116 valence electrons. The maximum absolute atomic E-state index is 13.2. The van der Waals surface area contributed by atoms with Crippen molar-refractivity contribution in [1.82, 2.24) is 0 Å². The van der Waals surface area contributed by atoms with Crippen LogP contribution in [0.5, 0.6) is 0 Å². The van der Waals surface area contributed by atoms with E-state index < -0.39 is 17.6 Å². The molecule has 0 aromatic heterocycles. The van der Waals surface area contributed by atoms with E-state index in [2.05, 4.69) is 6.92 Å². The van der Waals surface area contributed by atoms with Gasteiger partial charge in [0.1, 0.15) is 5.82 Å². The van der Waals surface area contributed by atoms with Gasteiger partial charge < -0.3 is 0 Å². The second kappa shape index (κ2) is 6.16. The lowest BCUT2D eigenvalue weighted by molar-refractivity contribution is -0.140. The molecule has 0 saturated heterocycles. The van der Waals surface area contributed by atoms with Crippen LogP contribution in [0.25, 0.3) is 0 Å². The van der Waals surface area contributed by atoms with Gasteiger partial charge in [-0.3, -0.25) is 4.79 Å². The van der Waals surface area contributed by atoms with E-state index in [-0.39, 0.29) is 23.7 Å². The van der Waals surface area contributed by atoms with Crippen LogP contribution in [0.1, 0.15) is 54.9 Å². The van der Waals surface area contributed by atoms with Crippen molar-refractivity contribution in [2.45, 2.75) is 45.2 Å². The molecule has 2 rings (SSSR count). The molecule has 1 saturated carbocycles. The Kier molecular flexibility index (Phi) is 4.69. The third kappa shape index (κ3) is 4.05. The molecule has 0 N–H and O–H groups in total. The van der Waals surface area contributed by atoms with Crippen molar-refractivity contribution >= 4 is 5.78 Å². The molecule has 0 heterocycles. The van der Waals surface area contributed by atoms with Gasteiger partial charge in [-0.2, -0.15) is 13.2 Å². The molecule has 1 fully saturated rings. The number of rotatable bonds is 3. The number of ketones is 1. The number of carbonyl (C=O) groups excluding carboxylic acids is 1. The highest BCUT2D eigenvalue weighted by molar-refractivity contribution is 5.96. The zero-order valence-corrected chi connectivity index (χ0v) is 11.8. The Morgan fingerprint density at radius 1 is 1.19 bits per heavy atom. The number of hydrogen-bond donors (Lipinski definition) is 0. The summed E-state index contributed by atoms with van der Waals surface area (Å²) in [7, 11) is 0. The van der Waals surface area contributed by atoms with E-state index in [1.54, 1.807) is 0 Å². The summed E-state index contributed by atoms with van der Waals surface area (Å²) in [6, 6.07) is 2.49. The first-order valence-corrected chi connectivity index (χ1v) is 7.17. The number of Topliss-reactive ketones (excluding diaryl/α,β-unsaturated/α-hetero) is 1. The number of alkyl halides is 3. The van der Waals surface area contributed by atoms with Crippen LogP contribution >= 0.6 is 0 Å². The topological polar surface area (TPSA) is 17.1 Å². The predicted octanol–water partition coefficient (Wildman–Crippen LogP) is 5.24. The molecule has 0 atom stereocenters. The van der Waals surface area contributed by atoms with E-state index >= 15 is 0 Å². The molecule has 0 unspecified atom stereocenters. The fraction of sp³-hybridized carbons (Fsp3) is 0.562. The monoisotopic (exact) mass is 302 g/mol. The SMILES string of the molecule is CC1CCC(CC(=O)c2ccc(F)c(C(F)(F)F)c2)CC1. The third-order valence-corrected chi connectivity index (χ3v) is 4.20. The van der Waals surface area contributed by atoms with Crippen LogP contribution in [-0.4, -0.2) is 5.78 Å². The highest BCUT2D eigenvalue weighted by Gasteiger charge is 2.34. The molecule has 1 aromatic rings. The quantitative estimate of drug-likeness (QED) is 0.551. The first-order chi connectivity index (χ1) is 9.77. The van der Waals surface area contributed by atoms with E-state index in [1.165, 1.54) is 0 Å². The van der Waals surface area contributed by atoms with Crippen molar-refractivity contribution in [2.24, 2.45) is 11.8 Å². The van der Waals surface area contributed by atoms with E-state index in [0.717, 1.165) is 37.8 Å². The Bertz CT molecular complexity index is 513. The van der Waals surface area contributed by atoms with Crippen LogP contribution in [0.4, 0.5) is 17.6 Å². The molecule has 0 spiro atoms. The van der Waals surface area contributed by atoms with Crippen LogP contribution in [0.3, 0.4) is 0 Å². The maximum atomic E-state index is 13.2. The van der Waals surface area contributed by atoms with Crippen molar-refractivity contribution in [1.29, 1.82) is 0 Å². The summed E-state index contributed by atoms with van der Waals surface area (Å²) in [6.45, 7) is 2.16. The lowest BCUT2D eigenvalue weighted by Gasteiger charge is -2.25. The van der Waals surface area contributed by atoms with Gasteiger partial charge in [-0.25, -0.2) is 4.39 Å². The Balaban J connectivity index is 2.09. The van der Waals surface area contributed by atoms with Crippen molar-refractivity contribution in [3.8, 4) is 0 Å².